The molecule has 2 aromatic rings. The lowest BCUT2D eigenvalue weighted by Crippen LogP contribution is -2.82. The van der Waals surface area contributed by atoms with E-state index in [1.54, 1.807) is 0 Å². The van der Waals surface area contributed by atoms with E-state index in [0.29, 0.717) is 18.2 Å². The smallest absolute Gasteiger partial charge is 0.165 e. The van der Waals surface area contributed by atoms with Crippen LogP contribution in [-0.4, -0.2) is 53.1 Å². The molecule has 1 saturated heterocycles. The molecule has 7 aliphatic rings. The summed E-state index contributed by atoms with van der Waals surface area (Å²) in [4.78, 5) is 2.82. The molecule has 4 saturated carbocycles. The van der Waals surface area contributed by atoms with Gasteiger partial charge in [0.2, 0.25) is 0 Å². The number of aromatic hydroxyl groups is 1. The van der Waals surface area contributed by atoms with Crippen molar-refractivity contribution in [3.8, 4) is 11.5 Å². The largest absolute Gasteiger partial charge is 0.504 e. The van der Waals surface area contributed by atoms with E-state index in [9.17, 15) is 10.2 Å². The third kappa shape index (κ3) is 2.53. The van der Waals surface area contributed by atoms with Crippen LogP contribution in [0.2, 0.25) is 0 Å². The van der Waals surface area contributed by atoms with Crippen molar-refractivity contribution in [2.75, 3.05) is 20.2 Å². The van der Waals surface area contributed by atoms with Crippen LogP contribution in [0.1, 0.15) is 68.6 Å². The van der Waals surface area contributed by atoms with Crippen LogP contribution in [0, 0.1) is 17.3 Å². The van der Waals surface area contributed by atoms with Crippen molar-refractivity contribution in [2.45, 2.75) is 87.1 Å². The molecule has 37 heavy (non-hydrogen) atoms. The van der Waals surface area contributed by atoms with Gasteiger partial charge in [-0.05, 0) is 81.0 Å². The Labute approximate surface area is 219 Å². The fraction of sp³-hybridized carbons (Fsp3) is 0.625. The van der Waals surface area contributed by atoms with Crippen molar-refractivity contribution in [1.29, 1.82) is 0 Å². The van der Waals surface area contributed by atoms with Gasteiger partial charge in [-0.3, -0.25) is 4.90 Å². The second kappa shape index (κ2) is 7.31. The summed E-state index contributed by atoms with van der Waals surface area (Å²) >= 11 is 0. The fourth-order valence-electron chi connectivity index (χ4n) is 10.3. The molecule has 196 valence electrons. The number of piperidine rings is 1. The summed E-state index contributed by atoms with van der Waals surface area (Å²) < 4.78 is 13.6. The highest BCUT2D eigenvalue weighted by Crippen LogP contribution is 2.78. The Morgan fingerprint density at radius 2 is 1.92 bits per heavy atom. The lowest BCUT2D eigenvalue weighted by Gasteiger charge is -2.75. The summed E-state index contributed by atoms with van der Waals surface area (Å²) in [6.07, 6.45) is 8.10. The second-order valence-corrected chi connectivity index (χ2v) is 13.0. The molecule has 5 heteroatoms. The maximum absolute atomic E-state index is 12.6. The molecule has 4 bridgehead atoms. The highest BCUT2D eigenvalue weighted by molar-refractivity contribution is 5.63. The lowest BCUT2D eigenvalue weighted by molar-refractivity contribution is -0.306. The number of ether oxygens (including phenoxy) is 2. The maximum atomic E-state index is 12.6. The molecule has 2 aliphatic heterocycles. The summed E-state index contributed by atoms with van der Waals surface area (Å²) in [5.41, 5.74) is 1.81. The fourth-order valence-corrected chi connectivity index (χ4v) is 10.3. The zero-order valence-corrected chi connectivity index (χ0v) is 22.1. The number of phenols is 1. The number of hydrogen-bond acceptors (Lipinski definition) is 5. The molecule has 2 heterocycles. The van der Waals surface area contributed by atoms with Crippen molar-refractivity contribution in [2.24, 2.45) is 17.3 Å². The van der Waals surface area contributed by atoms with E-state index in [0.717, 1.165) is 50.1 Å². The average Bonchev–Trinajstić information content (AvgIpc) is 3.68. The summed E-state index contributed by atoms with van der Waals surface area (Å²) in [6.45, 7) is 4.39. The van der Waals surface area contributed by atoms with Gasteiger partial charge in [0.25, 0.3) is 0 Å². The molecule has 0 radical (unpaired) electrons. The SMILES string of the molecule is CC[C@@](O)(c1ccccc1)[C@H]1C[C@@]23CC[C@]1(OC)[C@@H]1Oc4c(O)ccc5c4[C@@]12CCN(CC1CC1)[C@@H]3C5. The quantitative estimate of drug-likeness (QED) is 0.589. The van der Waals surface area contributed by atoms with Crippen molar-refractivity contribution in [3.05, 3.63) is 59.2 Å². The van der Waals surface area contributed by atoms with E-state index in [-0.39, 0.29) is 28.6 Å². The summed E-state index contributed by atoms with van der Waals surface area (Å²) in [7, 11) is 1.83. The molecule has 0 aromatic heterocycles. The molecular formula is C32H39NO4. The third-order valence-electron chi connectivity index (χ3n) is 12.0. The van der Waals surface area contributed by atoms with Crippen LogP contribution < -0.4 is 4.74 Å². The number of benzene rings is 2. The molecule has 0 unspecified atom stereocenters. The van der Waals surface area contributed by atoms with Crippen LogP contribution in [0.3, 0.4) is 0 Å². The van der Waals surface area contributed by atoms with E-state index in [1.807, 2.05) is 31.4 Å². The Balaban J connectivity index is 1.36. The zero-order valence-electron chi connectivity index (χ0n) is 22.1. The van der Waals surface area contributed by atoms with Gasteiger partial charge in [0.1, 0.15) is 11.7 Å². The first-order valence-corrected chi connectivity index (χ1v) is 14.5. The van der Waals surface area contributed by atoms with Gasteiger partial charge in [0.05, 0.1) is 5.60 Å². The minimum absolute atomic E-state index is 0.000271. The molecule has 2 aromatic carbocycles. The average molecular weight is 502 g/mol. The second-order valence-electron chi connectivity index (χ2n) is 13.0. The zero-order chi connectivity index (χ0) is 25.2. The van der Waals surface area contributed by atoms with Gasteiger partial charge < -0.3 is 19.7 Å². The molecule has 9 rings (SSSR count). The Hall–Kier alpha value is -2.08. The Morgan fingerprint density at radius 3 is 2.65 bits per heavy atom. The number of methoxy groups -OCH3 is 1. The molecular weight excluding hydrogens is 462 g/mol. The first-order chi connectivity index (χ1) is 17.9. The standard InChI is InChI=1S/C32H39NO4/c1-3-31(35,22-7-5-4-6-8-22)24-18-29-13-14-32(24,36-2)28-30(29)15-16-33(19-20-9-10-20)25(29)17-21-11-12-23(34)27(37-28)26(21)30/h4-8,11-12,20,24-25,28,34-35H,3,9-10,13-19H2,1-2H3/t24-,25-,28-,29-,30+,31-,32-/m1/s1. The number of phenolic OH excluding ortho intramolecular Hbond substituents is 1. The summed E-state index contributed by atoms with van der Waals surface area (Å²) in [5, 5.41) is 23.7. The summed E-state index contributed by atoms with van der Waals surface area (Å²) in [5.74, 6) is 1.71. The maximum Gasteiger partial charge on any atom is 0.165 e. The van der Waals surface area contributed by atoms with Gasteiger partial charge in [-0.25, -0.2) is 0 Å². The molecule has 0 amide bonds. The lowest BCUT2D eigenvalue weighted by atomic mass is 9.33. The van der Waals surface area contributed by atoms with Crippen LogP contribution in [0.15, 0.2) is 42.5 Å². The van der Waals surface area contributed by atoms with Crippen molar-refractivity contribution in [3.63, 3.8) is 0 Å². The first kappa shape index (κ1) is 22.9. The normalized spacial score (nSPS) is 40.7. The number of rotatable bonds is 6. The van der Waals surface area contributed by atoms with Gasteiger partial charge >= 0.3 is 0 Å². The van der Waals surface area contributed by atoms with E-state index in [1.165, 1.54) is 30.5 Å². The Bertz CT molecular complexity index is 1260. The first-order valence-electron chi connectivity index (χ1n) is 14.5. The molecule has 2 N–H and O–H groups in total. The predicted octanol–water partition coefficient (Wildman–Crippen LogP) is 4.91. The van der Waals surface area contributed by atoms with Gasteiger partial charge in [0.15, 0.2) is 11.5 Å². The number of hydrogen-bond donors (Lipinski definition) is 2. The Morgan fingerprint density at radius 1 is 1.11 bits per heavy atom. The van der Waals surface area contributed by atoms with Gasteiger partial charge in [-0.2, -0.15) is 0 Å². The van der Waals surface area contributed by atoms with Gasteiger partial charge in [-0.1, -0.05) is 43.3 Å². The van der Waals surface area contributed by atoms with Crippen LogP contribution in [0.5, 0.6) is 11.5 Å². The number of fused-ring (bicyclic) bond motifs is 2. The predicted molar refractivity (Wildman–Crippen MR) is 141 cm³/mol. The molecule has 5 nitrogen and oxygen atoms in total. The van der Waals surface area contributed by atoms with Crippen LogP contribution in [0.25, 0.3) is 0 Å². The van der Waals surface area contributed by atoms with Crippen molar-refractivity contribution >= 4 is 0 Å². The number of nitrogens with zero attached hydrogens (tertiary/aromatic N) is 1. The van der Waals surface area contributed by atoms with Gasteiger partial charge in [0, 0.05) is 42.0 Å². The molecule has 7 atom stereocenters. The van der Waals surface area contributed by atoms with Crippen LogP contribution >= 0.6 is 0 Å². The molecule has 2 spiro atoms. The highest BCUT2D eigenvalue weighted by Gasteiger charge is 2.82. The Kier molecular flexibility index (Phi) is 4.52. The van der Waals surface area contributed by atoms with Crippen LogP contribution in [-0.2, 0) is 22.2 Å². The number of likely N-dealkylation sites (tertiary alicyclic amines) is 1. The van der Waals surface area contributed by atoms with Crippen LogP contribution in [0.4, 0.5) is 0 Å². The minimum Gasteiger partial charge on any atom is -0.504 e. The van der Waals surface area contributed by atoms with Crippen molar-refractivity contribution in [1.82, 2.24) is 4.90 Å². The molecule has 5 fully saturated rings. The monoisotopic (exact) mass is 501 g/mol. The van der Waals surface area contributed by atoms with Gasteiger partial charge in [-0.15, -0.1) is 0 Å². The van der Waals surface area contributed by atoms with E-state index in [2.05, 4.69) is 30.0 Å². The topological polar surface area (TPSA) is 62.2 Å². The molecule has 5 aliphatic carbocycles. The highest BCUT2D eigenvalue weighted by atomic mass is 16.6. The van der Waals surface area contributed by atoms with E-state index in [4.69, 9.17) is 9.47 Å². The van der Waals surface area contributed by atoms with E-state index >= 15 is 0 Å². The summed E-state index contributed by atoms with van der Waals surface area (Å²) in [6, 6.07) is 14.7. The van der Waals surface area contributed by atoms with E-state index < -0.39 is 11.2 Å². The minimum atomic E-state index is -1.01. The third-order valence-corrected chi connectivity index (χ3v) is 12.0. The number of aliphatic hydroxyl groups is 1. The van der Waals surface area contributed by atoms with Crippen molar-refractivity contribution < 1.29 is 19.7 Å².